The van der Waals surface area contributed by atoms with Gasteiger partial charge in [0, 0.05) is 12.5 Å². The molecule has 0 amide bonds. The third kappa shape index (κ3) is 1.62. The molecular weight excluding hydrogens is 153 g/mol. The standard InChI is InChI=1S/C10H10FN/c1-7-4-5-9(6-10(7)11)8(2)12-3/h4-6,8H,1-2H3. The van der Waals surface area contributed by atoms with Gasteiger partial charge in [-0.05, 0) is 18.6 Å². The fraction of sp³-hybridized carbons (Fsp3) is 0.300. The third-order valence-electron chi connectivity index (χ3n) is 1.87. The lowest BCUT2D eigenvalue weighted by Gasteiger charge is -2.00. The van der Waals surface area contributed by atoms with Crippen molar-refractivity contribution < 1.29 is 4.39 Å². The van der Waals surface area contributed by atoms with Crippen LogP contribution in [0.25, 0.3) is 4.85 Å². The van der Waals surface area contributed by atoms with Crippen LogP contribution in [0, 0.1) is 19.3 Å². The first-order valence-corrected chi connectivity index (χ1v) is 3.77. The van der Waals surface area contributed by atoms with Crippen LogP contribution in [0.5, 0.6) is 0 Å². The molecule has 0 N–H and O–H groups in total. The average molecular weight is 163 g/mol. The van der Waals surface area contributed by atoms with Gasteiger partial charge in [-0.2, -0.15) is 0 Å². The fourth-order valence-corrected chi connectivity index (χ4v) is 0.944. The van der Waals surface area contributed by atoms with Crippen LogP contribution in [0.1, 0.15) is 24.1 Å². The van der Waals surface area contributed by atoms with Crippen molar-refractivity contribution in [1.29, 1.82) is 0 Å². The Kier molecular flexibility index (Phi) is 2.44. The lowest BCUT2D eigenvalue weighted by atomic mass is 10.1. The first-order valence-electron chi connectivity index (χ1n) is 3.77. The molecule has 1 atom stereocenters. The first kappa shape index (κ1) is 8.73. The molecule has 0 aliphatic rings. The van der Waals surface area contributed by atoms with Crippen LogP contribution in [0.2, 0.25) is 0 Å². The summed E-state index contributed by atoms with van der Waals surface area (Å²) in [6, 6.07) is 4.67. The lowest BCUT2D eigenvalue weighted by molar-refractivity contribution is 0.615. The Labute approximate surface area is 71.7 Å². The highest BCUT2D eigenvalue weighted by Crippen LogP contribution is 2.18. The van der Waals surface area contributed by atoms with E-state index in [2.05, 4.69) is 4.85 Å². The minimum absolute atomic E-state index is 0.233. The van der Waals surface area contributed by atoms with Gasteiger partial charge in [-0.3, -0.25) is 0 Å². The monoisotopic (exact) mass is 163 g/mol. The summed E-state index contributed by atoms with van der Waals surface area (Å²) in [5.74, 6) is -0.233. The number of hydrogen-bond acceptors (Lipinski definition) is 0. The highest BCUT2D eigenvalue weighted by Gasteiger charge is 2.09. The Balaban J connectivity index is 3.06. The highest BCUT2D eigenvalue weighted by atomic mass is 19.1. The van der Waals surface area contributed by atoms with E-state index in [1.54, 1.807) is 26.0 Å². The molecule has 1 nitrogen and oxygen atoms in total. The quantitative estimate of drug-likeness (QED) is 0.560. The number of aryl methyl sites for hydroxylation is 1. The maximum Gasteiger partial charge on any atom is 0.246 e. The summed E-state index contributed by atoms with van der Waals surface area (Å²) in [4.78, 5) is 3.31. The number of benzene rings is 1. The van der Waals surface area contributed by atoms with Crippen molar-refractivity contribution in [3.63, 3.8) is 0 Å². The number of rotatable bonds is 1. The SMILES string of the molecule is [C-]#[N+]C(C)c1ccc(C)c(F)c1. The number of nitrogens with zero attached hydrogens (tertiary/aromatic N) is 1. The molecular formula is C10H10FN. The second-order valence-electron chi connectivity index (χ2n) is 2.81. The third-order valence-corrected chi connectivity index (χ3v) is 1.87. The zero-order chi connectivity index (χ0) is 9.14. The summed E-state index contributed by atoms with van der Waals surface area (Å²) in [5, 5.41) is 0. The topological polar surface area (TPSA) is 4.36 Å². The lowest BCUT2D eigenvalue weighted by Crippen LogP contribution is -1.90. The first-order chi connectivity index (χ1) is 5.65. The van der Waals surface area contributed by atoms with Gasteiger partial charge >= 0.3 is 0 Å². The van der Waals surface area contributed by atoms with Crippen molar-refractivity contribution in [2.45, 2.75) is 19.9 Å². The zero-order valence-electron chi connectivity index (χ0n) is 7.13. The number of hydrogen-bond donors (Lipinski definition) is 0. The summed E-state index contributed by atoms with van der Waals surface area (Å²) < 4.78 is 13.0. The molecule has 0 aromatic heterocycles. The van der Waals surface area contributed by atoms with Gasteiger partial charge < -0.3 is 4.85 Å². The van der Waals surface area contributed by atoms with Gasteiger partial charge in [0.1, 0.15) is 5.82 Å². The molecule has 0 aliphatic carbocycles. The fourth-order valence-electron chi connectivity index (χ4n) is 0.944. The molecule has 0 spiro atoms. The maximum atomic E-state index is 13.0. The second kappa shape index (κ2) is 3.36. The summed E-state index contributed by atoms with van der Waals surface area (Å²) in [6.45, 7) is 10.2. The molecule has 0 saturated heterocycles. The molecule has 0 fully saturated rings. The summed E-state index contributed by atoms with van der Waals surface area (Å²) >= 11 is 0. The Morgan fingerprint density at radius 3 is 2.67 bits per heavy atom. The van der Waals surface area contributed by atoms with Crippen molar-refractivity contribution in [1.82, 2.24) is 0 Å². The molecule has 12 heavy (non-hydrogen) atoms. The molecule has 1 unspecified atom stereocenters. The van der Waals surface area contributed by atoms with Crippen LogP contribution in [-0.4, -0.2) is 0 Å². The molecule has 1 rings (SSSR count). The Morgan fingerprint density at radius 1 is 1.50 bits per heavy atom. The molecule has 2 heteroatoms. The van der Waals surface area contributed by atoms with Gasteiger partial charge in [0.15, 0.2) is 0 Å². The van der Waals surface area contributed by atoms with E-state index < -0.39 is 0 Å². The maximum absolute atomic E-state index is 13.0. The molecule has 0 heterocycles. The van der Waals surface area contributed by atoms with E-state index in [9.17, 15) is 4.39 Å². The molecule has 1 aromatic rings. The normalized spacial score (nSPS) is 12.2. The van der Waals surface area contributed by atoms with Crippen LogP contribution in [0.3, 0.4) is 0 Å². The second-order valence-corrected chi connectivity index (χ2v) is 2.81. The Hall–Kier alpha value is -1.36. The minimum Gasteiger partial charge on any atom is -0.309 e. The molecule has 1 aromatic carbocycles. The summed E-state index contributed by atoms with van der Waals surface area (Å²) in [5.41, 5.74) is 1.36. The van der Waals surface area contributed by atoms with E-state index in [0.717, 1.165) is 5.56 Å². The van der Waals surface area contributed by atoms with E-state index >= 15 is 0 Å². The van der Waals surface area contributed by atoms with Crippen molar-refractivity contribution in [2.75, 3.05) is 0 Å². The van der Waals surface area contributed by atoms with Crippen LogP contribution in [0.4, 0.5) is 4.39 Å². The smallest absolute Gasteiger partial charge is 0.246 e. The molecule has 0 saturated carbocycles. The van der Waals surface area contributed by atoms with Crippen molar-refractivity contribution >= 4 is 0 Å². The van der Waals surface area contributed by atoms with Crippen LogP contribution in [0.15, 0.2) is 18.2 Å². The average Bonchev–Trinajstić information content (AvgIpc) is 2.08. The summed E-state index contributed by atoms with van der Waals surface area (Å²) in [6.07, 6.45) is 0. The van der Waals surface area contributed by atoms with Crippen LogP contribution in [-0.2, 0) is 0 Å². The van der Waals surface area contributed by atoms with Crippen molar-refractivity contribution in [3.8, 4) is 0 Å². The van der Waals surface area contributed by atoms with Gasteiger partial charge in [-0.25, -0.2) is 11.0 Å². The van der Waals surface area contributed by atoms with E-state index in [0.29, 0.717) is 5.56 Å². The Bertz CT molecular complexity index is 325. The molecule has 0 radical (unpaired) electrons. The largest absolute Gasteiger partial charge is 0.309 e. The van der Waals surface area contributed by atoms with Gasteiger partial charge in [0.05, 0.1) is 0 Å². The van der Waals surface area contributed by atoms with Gasteiger partial charge in [-0.1, -0.05) is 12.1 Å². The minimum atomic E-state index is -0.250. The zero-order valence-corrected chi connectivity index (χ0v) is 7.13. The van der Waals surface area contributed by atoms with E-state index in [1.807, 2.05) is 0 Å². The molecule has 62 valence electrons. The molecule has 0 aliphatic heterocycles. The van der Waals surface area contributed by atoms with Gasteiger partial charge in [-0.15, -0.1) is 0 Å². The van der Waals surface area contributed by atoms with Crippen molar-refractivity contribution in [2.24, 2.45) is 0 Å². The predicted molar refractivity (Wildman–Crippen MR) is 46.2 cm³/mol. The molecule has 0 bridgehead atoms. The number of halogens is 1. The van der Waals surface area contributed by atoms with E-state index in [4.69, 9.17) is 6.57 Å². The Morgan fingerprint density at radius 2 is 2.17 bits per heavy atom. The highest BCUT2D eigenvalue weighted by molar-refractivity contribution is 5.26. The van der Waals surface area contributed by atoms with Crippen LogP contribution >= 0.6 is 0 Å². The summed E-state index contributed by atoms with van der Waals surface area (Å²) in [7, 11) is 0. The van der Waals surface area contributed by atoms with Gasteiger partial charge in [0.25, 0.3) is 0 Å². The predicted octanol–water partition coefficient (Wildman–Crippen LogP) is 3.11. The van der Waals surface area contributed by atoms with E-state index in [1.165, 1.54) is 6.07 Å². The van der Waals surface area contributed by atoms with E-state index in [-0.39, 0.29) is 11.9 Å². The van der Waals surface area contributed by atoms with Crippen molar-refractivity contribution in [3.05, 3.63) is 46.6 Å². The van der Waals surface area contributed by atoms with Gasteiger partial charge in [0.2, 0.25) is 6.04 Å². The van der Waals surface area contributed by atoms with Crippen LogP contribution < -0.4 is 0 Å².